The summed E-state index contributed by atoms with van der Waals surface area (Å²) in [6, 6.07) is 14.0. The molecule has 0 aromatic heterocycles. The van der Waals surface area contributed by atoms with Gasteiger partial charge < -0.3 is 15.4 Å². The highest BCUT2D eigenvalue weighted by Gasteiger charge is 2.45. The Morgan fingerprint density at radius 3 is 2.51 bits per heavy atom. The topological polar surface area (TPSA) is 84.5 Å². The molecule has 188 valence electrons. The van der Waals surface area contributed by atoms with Crippen LogP contribution in [0.5, 0.6) is 0 Å². The number of amides is 1. The summed E-state index contributed by atoms with van der Waals surface area (Å²) in [4.78, 5) is 13.2. The van der Waals surface area contributed by atoms with Crippen LogP contribution in [-0.2, 0) is 31.2 Å². The number of carbonyl (C=O) groups excluding carboxylic acids is 1. The van der Waals surface area contributed by atoms with Crippen molar-refractivity contribution in [2.24, 2.45) is 0 Å². The Hall–Kier alpha value is -2.29. The average molecular weight is 501 g/mol. The minimum Gasteiger partial charge on any atom is -0.381 e. The van der Waals surface area contributed by atoms with Crippen LogP contribution in [0.2, 0.25) is 0 Å². The third-order valence-electron chi connectivity index (χ3n) is 7.89. The van der Waals surface area contributed by atoms with Gasteiger partial charge in [-0.2, -0.15) is 0 Å². The summed E-state index contributed by atoms with van der Waals surface area (Å²) in [6.07, 6.45) is 3.05. The van der Waals surface area contributed by atoms with Gasteiger partial charge in [0.15, 0.2) is 9.84 Å². The molecule has 6 nitrogen and oxygen atoms in total. The number of rotatable bonds is 6. The van der Waals surface area contributed by atoms with E-state index in [0.717, 1.165) is 18.4 Å². The zero-order valence-corrected chi connectivity index (χ0v) is 20.8. The van der Waals surface area contributed by atoms with Gasteiger partial charge in [0.1, 0.15) is 5.82 Å². The van der Waals surface area contributed by atoms with E-state index in [4.69, 9.17) is 4.74 Å². The van der Waals surface area contributed by atoms with Gasteiger partial charge in [0.2, 0.25) is 5.91 Å². The highest BCUT2D eigenvalue weighted by molar-refractivity contribution is 7.92. The molecule has 5 rings (SSSR count). The van der Waals surface area contributed by atoms with E-state index in [1.807, 2.05) is 37.3 Å². The molecule has 3 aliphatic rings. The molecule has 0 bridgehead atoms. The van der Waals surface area contributed by atoms with Crippen LogP contribution < -0.4 is 10.6 Å². The number of carbonyl (C=O) groups is 1. The van der Waals surface area contributed by atoms with Gasteiger partial charge in [0.05, 0.1) is 15.9 Å². The average Bonchev–Trinajstić information content (AvgIpc) is 3.67. The maximum atomic E-state index is 15.5. The van der Waals surface area contributed by atoms with Crippen molar-refractivity contribution in [3.8, 4) is 0 Å². The molecule has 1 unspecified atom stereocenters. The summed E-state index contributed by atoms with van der Waals surface area (Å²) in [6.45, 7) is 3.08. The van der Waals surface area contributed by atoms with Crippen molar-refractivity contribution in [2.75, 3.05) is 19.8 Å². The molecule has 3 atom stereocenters. The summed E-state index contributed by atoms with van der Waals surface area (Å²) in [7, 11) is -3.55. The van der Waals surface area contributed by atoms with Crippen LogP contribution in [-0.4, -0.2) is 51.4 Å². The lowest BCUT2D eigenvalue weighted by molar-refractivity contribution is -0.130. The van der Waals surface area contributed by atoms with E-state index >= 15 is 4.39 Å². The predicted molar refractivity (Wildman–Crippen MR) is 132 cm³/mol. The van der Waals surface area contributed by atoms with Gasteiger partial charge in [-0.15, -0.1) is 0 Å². The van der Waals surface area contributed by atoms with E-state index in [9.17, 15) is 13.2 Å². The second-order valence-electron chi connectivity index (χ2n) is 10.2. The van der Waals surface area contributed by atoms with Crippen molar-refractivity contribution in [2.45, 2.75) is 67.0 Å². The van der Waals surface area contributed by atoms with Crippen molar-refractivity contribution in [1.29, 1.82) is 0 Å². The third-order valence-corrected chi connectivity index (χ3v) is 10.5. The van der Waals surface area contributed by atoms with E-state index in [1.54, 1.807) is 12.1 Å². The molecule has 2 aromatic carbocycles. The number of hydrogen-bond acceptors (Lipinski definition) is 5. The maximum absolute atomic E-state index is 15.5. The minimum absolute atomic E-state index is 0.0613. The molecule has 0 spiro atoms. The van der Waals surface area contributed by atoms with E-state index in [2.05, 4.69) is 10.6 Å². The first kappa shape index (κ1) is 24.4. The first-order valence-corrected chi connectivity index (χ1v) is 14.1. The molecule has 1 saturated carbocycles. The van der Waals surface area contributed by atoms with Crippen LogP contribution >= 0.6 is 0 Å². The normalized spacial score (nSPS) is 27.8. The summed E-state index contributed by atoms with van der Waals surface area (Å²) in [5, 5.41) is 4.99. The quantitative estimate of drug-likeness (QED) is 0.636. The highest BCUT2D eigenvalue weighted by Crippen LogP contribution is 2.38. The fraction of sp³-hybridized carbons (Fsp3) is 0.519. The zero-order valence-electron chi connectivity index (χ0n) is 20.0. The molecule has 1 amide bonds. The highest BCUT2D eigenvalue weighted by atomic mass is 32.2. The zero-order chi connectivity index (χ0) is 24.6. The molecule has 8 heteroatoms. The first-order valence-electron chi connectivity index (χ1n) is 12.5. The molecule has 2 N–H and O–H groups in total. The summed E-state index contributed by atoms with van der Waals surface area (Å²) in [5.41, 5.74) is 0.926. The molecular weight excluding hydrogens is 467 g/mol. The number of benzene rings is 2. The minimum atomic E-state index is -3.55. The van der Waals surface area contributed by atoms with Crippen molar-refractivity contribution in [3.05, 3.63) is 71.0 Å². The summed E-state index contributed by atoms with van der Waals surface area (Å²) in [5.74, 6) is -0.523. The van der Waals surface area contributed by atoms with Gasteiger partial charge in [-0.1, -0.05) is 42.5 Å². The lowest BCUT2D eigenvalue weighted by Gasteiger charge is -2.37. The van der Waals surface area contributed by atoms with Crippen molar-refractivity contribution in [3.63, 3.8) is 0 Å². The van der Waals surface area contributed by atoms with E-state index < -0.39 is 31.6 Å². The smallest absolute Gasteiger partial charge is 0.231 e. The second-order valence-corrected chi connectivity index (χ2v) is 12.5. The lowest BCUT2D eigenvalue weighted by atomic mass is 9.73. The van der Waals surface area contributed by atoms with Crippen molar-refractivity contribution in [1.82, 2.24) is 10.6 Å². The van der Waals surface area contributed by atoms with Gasteiger partial charge in [-0.3, -0.25) is 4.79 Å². The van der Waals surface area contributed by atoms with Gasteiger partial charge in [0, 0.05) is 31.8 Å². The molecule has 2 saturated heterocycles. The molecule has 3 fully saturated rings. The van der Waals surface area contributed by atoms with E-state index in [0.29, 0.717) is 43.7 Å². The fourth-order valence-electron chi connectivity index (χ4n) is 5.45. The number of nitrogens with one attached hydrogen (secondary N) is 2. The number of sulfone groups is 1. The molecule has 2 aromatic rings. The molecule has 2 heterocycles. The Balaban J connectivity index is 1.41. The molecule has 35 heavy (non-hydrogen) atoms. The van der Waals surface area contributed by atoms with Gasteiger partial charge in [0.25, 0.3) is 0 Å². The summed E-state index contributed by atoms with van der Waals surface area (Å²) < 4.78 is 48.1. The van der Waals surface area contributed by atoms with Gasteiger partial charge >= 0.3 is 0 Å². The van der Waals surface area contributed by atoms with Crippen LogP contribution in [0.3, 0.4) is 0 Å². The second kappa shape index (κ2) is 9.64. The van der Waals surface area contributed by atoms with Crippen molar-refractivity contribution >= 4 is 15.7 Å². The number of ether oxygens (including phenoxy) is 1. The Bertz CT molecular complexity index is 1180. The molecule has 1 aliphatic carbocycles. The van der Waals surface area contributed by atoms with Crippen LogP contribution in [0.1, 0.15) is 54.5 Å². The van der Waals surface area contributed by atoms with Crippen molar-refractivity contribution < 1.29 is 22.3 Å². The Kier molecular flexibility index (Phi) is 6.72. The number of halogens is 1. The summed E-state index contributed by atoms with van der Waals surface area (Å²) >= 11 is 0. The molecular formula is C27H33FN2O4S. The molecule has 2 aliphatic heterocycles. The van der Waals surface area contributed by atoms with Gasteiger partial charge in [-0.25, -0.2) is 12.8 Å². The monoisotopic (exact) mass is 500 g/mol. The van der Waals surface area contributed by atoms with Crippen LogP contribution in [0, 0.1) is 5.82 Å². The SMILES string of the molecule is C[C@@H]1NC[C@@H](c2ccccc2)S(=O)(=O)C1Cc1ccc(C2(C(=O)NC3CC3)CCOCC2)cc1F. The largest absolute Gasteiger partial charge is 0.381 e. The van der Waals surface area contributed by atoms with Crippen LogP contribution in [0.25, 0.3) is 0 Å². The number of hydrogen-bond donors (Lipinski definition) is 2. The Labute approximate surface area is 206 Å². The van der Waals surface area contributed by atoms with Crippen LogP contribution in [0.15, 0.2) is 48.5 Å². The van der Waals surface area contributed by atoms with Crippen LogP contribution in [0.4, 0.5) is 4.39 Å². The Morgan fingerprint density at radius 2 is 1.86 bits per heavy atom. The van der Waals surface area contributed by atoms with E-state index in [-0.39, 0.29) is 24.4 Å². The molecule has 0 radical (unpaired) electrons. The third kappa shape index (κ3) is 4.76. The predicted octanol–water partition coefficient (Wildman–Crippen LogP) is 3.21. The lowest BCUT2D eigenvalue weighted by Crippen LogP contribution is -2.53. The van der Waals surface area contributed by atoms with E-state index in [1.165, 1.54) is 6.07 Å². The Morgan fingerprint density at radius 1 is 1.14 bits per heavy atom. The van der Waals surface area contributed by atoms with Gasteiger partial charge in [-0.05, 0) is 61.8 Å². The first-order chi connectivity index (χ1) is 16.8. The standard InChI is InChI=1S/C27H33FN2O4S/c1-18-24(35(32,33)25(17-29-18)19-5-3-2-4-6-19)15-20-7-8-21(16-23(20)28)27(11-13-34-14-12-27)26(31)30-22-9-10-22/h2-8,16,18,22,24-25,29H,9-15,17H2,1H3,(H,30,31)/t18-,24?,25-/m0/s1. The fourth-order valence-corrected chi connectivity index (χ4v) is 7.81. The maximum Gasteiger partial charge on any atom is 0.231 e.